The fourth-order valence-electron chi connectivity index (χ4n) is 1.53. The molecule has 1 heterocycles. The van der Waals surface area contributed by atoms with E-state index < -0.39 is 0 Å². The molecule has 2 aromatic rings. The highest BCUT2D eigenvalue weighted by Gasteiger charge is 2.19. The predicted molar refractivity (Wildman–Crippen MR) is 65.5 cm³/mol. The first-order valence-electron chi connectivity index (χ1n) is 5.15. The maximum absolute atomic E-state index is 5.86. The lowest BCUT2D eigenvalue weighted by Crippen LogP contribution is -2.24. The van der Waals surface area contributed by atoms with Crippen LogP contribution in [0.15, 0.2) is 30.6 Å². The SMILES string of the molecule is CC(C)(C)n1ncnc1-c1ccc(Cl)cc1. The number of hydrogen-bond acceptors (Lipinski definition) is 2. The smallest absolute Gasteiger partial charge is 0.158 e. The molecule has 3 nitrogen and oxygen atoms in total. The van der Waals surface area contributed by atoms with Gasteiger partial charge in [0.25, 0.3) is 0 Å². The van der Waals surface area contributed by atoms with Crippen LogP contribution in [0.5, 0.6) is 0 Å². The highest BCUT2D eigenvalue weighted by molar-refractivity contribution is 6.30. The quantitative estimate of drug-likeness (QED) is 0.759. The second-order valence-corrected chi connectivity index (χ2v) is 5.11. The van der Waals surface area contributed by atoms with Crippen molar-refractivity contribution in [2.45, 2.75) is 26.3 Å². The third kappa shape index (κ3) is 2.09. The summed E-state index contributed by atoms with van der Waals surface area (Å²) in [4.78, 5) is 4.29. The van der Waals surface area contributed by atoms with Gasteiger partial charge in [-0.3, -0.25) is 0 Å². The normalized spacial score (nSPS) is 11.8. The van der Waals surface area contributed by atoms with Crippen LogP contribution < -0.4 is 0 Å². The van der Waals surface area contributed by atoms with Gasteiger partial charge in [0.1, 0.15) is 6.33 Å². The minimum atomic E-state index is -0.0779. The minimum absolute atomic E-state index is 0.0779. The summed E-state index contributed by atoms with van der Waals surface area (Å²) in [5.74, 6) is 0.865. The Hall–Kier alpha value is -1.35. The Labute approximate surface area is 100 Å². The van der Waals surface area contributed by atoms with Crippen LogP contribution in [-0.2, 0) is 5.54 Å². The van der Waals surface area contributed by atoms with Crippen molar-refractivity contribution in [2.24, 2.45) is 0 Å². The molecule has 0 bridgehead atoms. The van der Waals surface area contributed by atoms with Crippen LogP contribution in [0, 0.1) is 0 Å². The van der Waals surface area contributed by atoms with Crippen molar-refractivity contribution < 1.29 is 0 Å². The molecule has 16 heavy (non-hydrogen) atoms. The lowest BCUT2D eigenvalue weighted by atomic mass is 10.1. The van der Waals surface area contributed by atoms with E-state index in [2.05, 4.69) is 30.9 Å². The highest BCUT2D eigenvalue weighted by atomic mass is 35.5. The van der Waals surface area contributed by atoms with E-state index in [1.165, 1.54) is 0 Å². The van der Waals surface area contributed by atoms with E-state index in [4.69, 9.17) is 11.6 Å². The molecule has 1 aromatic heterocycles. The van der Waals surface area contributed by atoms with Crippen molar-refractivity contribution in [1.82, 2.24) is 14.8 Å². The second kappa shape index (κ2) is 3.91. The molecule has 0 unspecified atom stereocenters. The lowest BCUT2D eigenvalue weighted by molar-refractivity contribution is 0.359. The summed E-state index contributed by atoms with van der Waals surface area (Å²) in [6, 6.07) is 7.63. The molecule has 0 fully saturated rings. The van der Waals surface area contributed by atoms with Crippen LogP contribution in [0.4, 0.5) is 0 Å². The molecule has 0 N–H and O–H groups in total. The fourth-order valence-corrected chi connectivity index (χ4v) is 1.65. The Kier molecular flexibility index (Phi) is 2.72. The summed E-state index contributed by atoms with van der Waals surface area (Å²) >= 11 is 5.86. The Morgan fingerprint density at radius 1 is 1.12 bits per heavy atom. The summed E-state index contributed by atoms with van der Waals surface area (Å²) < 4.78 is 1.91. The van der Waals surface area contributed by atoms with Gasteiger partial charge in [0, 0.05) is 10.6 Å². The molecular weight excluding hydrogens is 222 g/mol. The minimum Gasteiger partial charge on any atom is -0.240 e. The number of benzene rings is 1. The van der Waals surface area contributed by atoms with Gasteiger partial charge in [-0.05, 0) is 45.0 Å². The number of nitrogens with zero attached hydrogens (tertiary/aromatic N) is 3. The summed E-state index contributed by atoms with van der Waals surface area (Å²) in [7, 11) is 0. The number of aromatic nitrogens is 3. The van der Waals surface area contributed by atoms with Crippen molar-refractivity contribution >= 4 is 11.6 Å². The van der Waals surface area contributed by atoms with Gasteiger partial charge in [-0.25, -0.2) is 9.67 Å². The average molecular weight is 236 g/mol. The number of rotatable bonds is 1. The lowest BCUT2D eigenvalue weighted by Gasteiger charge is -2.21. The van der Waals surface area contributed by atoms with E-state index in [-0.39, 0.29) is 5.54 Å². The van der Waals surface area contributed by atoms with Gasteiger partial charge in [-0.2, -0.15) is 5.10 Å². The first-order chi connectivity index (χ1) is 7.48. The van der Waals surface area contributed by atoms with Crippen molar-refractivity contribution in [1.29, 1.82) is 0 Å². The molecular formula is C12H14ClN3. The zero-order chi connectivity index (χ0) is 11.8. The van der Waals surface area contributed by atoms with Gasteiger partial charge >= 0.3 is 0 Å². The Morgan fingerprint density at radius 3 is 2.31 bits per heavy atom. The summed E-state index contributed by atoms with van der Waals surface area (Å²) in [5.41, 5.74) is 0.947. The Morgan fingerprint density at radius 2 is 1.75 bits per heavy atom. The van der Waals surface area contributed by atoms with Crippen LogP contribution in [0.2, 0.25) is 5.02 Å². The molecule has 84 valence electrons. The van der Waals surface area contributed by atoms with Crippen molar-refractivity contribution in [3.8, 4) is 11.4 Å². The van der Waals surface area contributed by atoms with Crippen LogP contribution in [0.3, 0.4) is 0 Å². The molecule has 4 heteroatoms. The highest BCUT2D eigenvalue weighted by Crippen LogP contribution is 2.23. The third-order valence-corrected chi connectivity index (χ3v) is 2.54. The van der Waals surface area contributed by atoms with E-state index in [0.29, 0.717) is 0 Å². The maximum atomic E-state index is 5.86. The third-order valence-electron chi connectivity index (χ3n) is 2.29. The molecule has 0 saturated heterocycles. The molecule has 2 rings (SSSR count). The molecule has 0 aliphatic heterocycles. The maximum Gasteiger partial charge on any atom is 0.158 e. The van der Waals surface area contributed by atoms with E-state index in [9.17, 15) is 0 Å². The molecule has 0 saturated carbocycles. The van der Waals surface area contributed by atoms with Gasteiger partial charge in [0.15, 0.2) is 5.82 Å². The van der Waals surface area contributed by atoms with Crippen LogP contribution in [-0.4, -0.2) is 14.8 Å². The number of halogens is 1. The first-order valence-corrected chi connectivity index (χ1v) is 5.53. The molecule has 0 spiro atoms. The summed E-state index contributed by atoms with van der Waals surface area (Å²) in [6.45, 7) is 6.29. The van der Waals surface area contributed by atoms with Crippen molar-refractivity contribution in [3.63, 3.8) is 0 Å². The van der Waals surface area contributed by atoms with Crippen LogP contribution in [0.1, 0.15) is 20.8 Å². The van der Waals surface area contributed by atoms with Crippen LogP contribution >= 0.6 is 11.6 Å². The van der Waals surface area contributed by atoms with E-state index in [0.717, 1.165) is 16.4 Å². The van der Waals surface area contributed by atoms with Gasteiger partial charge in [0.2, 0.25) is 0 Å². The zero-order valence-corrected chi connectivity index (χ0v) is 10.4. The zero-order valence-electron chi connectivity index (χ0n) is 9.61. The van der Waals surface area contributed by atoms with Gasteiger partial charge < -0.3 is 0 Å². The summed E-state index contributed by atoms with van der Waals surface area (Å²) in [5, 5.41) is 4.99. The predicted octanol–water partition coefficient (Wildman–Crippen LogP) is 3.35. The first kappa shape index (κ1) is 11.1. The second-order valence-electron chi connectivity index (χ2n) is 4.67. The fraction of sp³-hybridized carbons (Fsp3) is 0.333. The molecule has 1 aromatic carbocycles. The van der Waals surface area contributed by atoms with Gasteiger partial charge in [-0.1, -0.05) is 11.6 Å². The molecule has 0 aliphatic rings. The van der Waals surface area contributed by atoms with E-state index in [1.807, 2.05) is 28.9 Å². The monoisotopic (exact) mass is 235 g/mol. The standard InChI is InChI=1S/C12H14ClN3/c1-12(2,3)16-11(14-8-15-16)9-4-6-10(13)7-5-9/h4-8H,1-3H3. The molecule has 0 aliphatic carbocycles. The Bertz CT molecular complexity index is 480. The van der Waals surface area contributed by atoms with Gasteiger partial charge in [-0.15, -0.1) is 0 Å². The average Bonchev–Trinajstić information content (AvgIpc) is 2.66. The molecule has 0 radical (unpaired) electrons. The van der Waals surface area contributed by atoms with E-state index >= 15 is 0 Å². The Balaban J connectivity index is 2.49. The molecule has 0 amide bonds. The van der Waals surface area contributed by atoms with Crippen molar-refractivity contribution in [2.75, 3.05) is 0 Å². The van der Waals surface area contributed by atoms with Crippen LogP contribution in [0.25, 0.3) is 11.4 Å². The van der Waals surface area contributed by atoms with Crippen molar-refractivity contribution in [3.05, 3.63) is 35.6 Å². The topological polar surface area (TPSA) is 30.7 Å². The van der Waals surface area contributed by atoms with E-state index in [1.54, 1.807) is 6.33 Å². The molecule has 0 atom stereocenters. The summed E-state index contributed by atoms with van der Waals surface area (Å²) in [6.07, 6.45) is 1.58. The van der Waals surface area contributed by atoms with Gasteiger partial charge in [0.05, 0.1) is 5.54 Å². The number of hydrogen-bond donors (Lipinski definition) is 0. The largest absolute Gasteiger partial charge is 0.240 e.